The molecule has 0 saturated heterocycles. The highest BCUT2D eigenvalue weighted by atomic mass is 19.1. The van der Waals surface area contributed by atoms with E-state index >= 15 is 0 Å². The highest BCUT2D eigenvalue weighted by molar-refractivity contribution is 5.30. The van der Waals surface area contributed by atoms with E-state index in [0.29, 0.717) is 6.54 Å². The van der Waals surface area contributed by atoms with E-state index in [-0.39, 0.29) is 11.9 Å². The van der Waals surface area contributed by atoms with E-state index in [1.165, 1.54) is 11.6 Å². The second-order valence-corrected chi connectivity index (χ2v) is 4.05. The predicted octanol–water partition coefficient (Wildman–Crippen LogP) is 1.16. The first-order valence-electron chi connectivity index (χ1n) is 5.05. The first kappa shape index (κ1) is 10.5. The molecule has 1 aliphatic heterocycles. The molecule has 1 atom stereocenters. The largest absolute Gasteiger partial charge is 0.317 e. The molecule has 1 unspecified atom stereocenters. The van der Waals surface area contributed by atoms with Crippen molar-refractivity contribution in [2.45, 2.75) is 19.0 Å². The minimum absolute atomic E-state index is 0.186. The second kappa shape index (κ2) is 4.26. The third kappa shape index (κ3) is 2.17. The lowest BCUT2D eigenvalue weighted by atomic mass is 9.94. The predicted molar refractivity (Wildman–Crippen MR) is 55.1 cm³/mol. The molecule has 0 aromatic heterocycles. The van der Waals surface area contributed by atoms with Gasteiger partial charge < -0.3 is 5.21 Å². The van der Waals surface area contributed by atoms with Crippen molar-refractivity contribution in [3.8, 4) is 0 Å². The number of fused-ring (bicyclic) bond motifs is 1. The molecular weight excluding hydrogens is 195 g/mol. The lowest BCUT2D eigenvalue weighted by molar-refractivity contribution is 0.114. The van der Waals surface area contributed by atoms with Gasteiger partial charge in [-0.15, -0.1) is 0 Å². The summed E-state index contributed by atoms with van der Waals surface area (Å²) in [5, 5.41) is 8.69. The molecule has 0 spiro atoms. The second-order valence-electron chi connectivity index (χ2n) is 4.05. The van der Waals surface area contributed by atoms with Crippen LogP contribution in [-0.4, -0.2) is 29.7 Å². The fourth-order valence-electron chi connectivity index (χ4n) is 2.08. The molecule has 1 heterocycles. The van der Waals surface area contributed by atoms with Crippen LogP contribution in [0.2, 0.25) is 0 Å². The number of nitrogens with zero attached hydrogens (tertiary/aromatic N) is 1. The molecule has 2 N–H and O–H groups in total. The van der Waals surface area contributed by atoms with Crippen LogP contribution in [0, 0.1) is 5.82 Å². The Bertz CT molecular complexity index is 356. The van der Waals surface area contributed by atoms with Gasteiger partial charge in [0.25, 0.3) is 0 Å². The summed E-state index contributed by atoms with van der Waals surface area (Å²) in [5.74, 6) is -0.186. The Kier molecular flexibility index (Phi) is 3.00. The molecule has 4 heteroatoms. The van der Waals surface area contributed by atoms with E-state index < -0.39 is 0 Å². The molecule has 0 aliphatic carbocycles. The highest BCUT2D eigenvalue weighted by Gasteiger charge is 2.22. The van der Waals surface area contributed by atoms with Crippen molar-refractivity contribution in [3.05, 3.63) is 35.1 Å². The topological polar surface area (TPSA) is 35.5 Å². The molecule has 0 fully saturated rings. The van der Waals surface area contributed by atoms with Crippen molar-refractivity contribution in [1.29, 1.82) is 0 Å². The van der Waals surface area contributed by atoms with Crippen LogP contribution in [0.5, 0.6) is 0 Å². The average molecular weight is 210 g/mol. The van der Waals surface area contributed by atoms with Crippen molar-refractivity contribution < 1.29 is 9.60 Å². The first-order chi connectivity index (χ1) is 7.20. The quantitative estimate of drug-likeness (QED) is 0.719. The molecule has 0 amide bonds. The number of benzene rings is 1. The zero-order valence-corrected chi connectivity index (χ0v) is 8.70. The molecule has 1 aliphatic rings. The fraction of sp³-hybridized carbons (Fsp3) is 0.455. The number of halogens is 1. The highest BCUT2D eigenvalue weighted by Crippen LogP contribution is 2.22. The lowest BCUT2D eigenvalue weighted by Crippen LogP contribution is -2.43. The summed E-state index contributed by atoms with van der Waals surface area (Å²) in [6.45, 7) is 1.31. The van der Waals surface area contributed by atoms with E-state index in [4.69, 9.17) is 5.21 Å². The van der Waals surface area contributed by atoms with Crippen molar-refractivity contribution in [1.82, 2.24) is 10.4 Å². The van der Waals surface area contributed by atoms with Gasteiger partial charge in [-0.25, -0.2) is 9.87 Å². The van der Waals surface area contributed by atoms with Gasteiger partial charge in [0, 0.05) is 19.1 Å². The SMILES string of the molecule is CN1Cc2ccc(F)cc2CC1CNO. The summed E-state index contributed by atoms with van der Waals surface area (Å²) < 4.78 is 13.0. The van der Waals surface area contributed by atoms with E-state index in [1.807, 2.05) is 13.1 Å². The van der Waals surface area contributed by atoms with Gasteiger partial charge in [-0.1, -0.05) is 6.07 Å². The van der Waals surface area contributed by atoms with Crippen molar-refractivity contribution in [2.24, 2.45) is 0 Å². The Balaban J connectivity index is 2.22. The summed E-state index contributed by atoms with van der Waals surface area (Å²) in [4.78, 5) is 2.16. The zero-order valence-electron chi connectivity index (χ0n) is 8.70. The Morgan fingerprint density at radius 2 is 2.33 bits per heavy atom. The van der Waals surface area contributed by atoms with Gasteiger partial charge in [0.1, 0.15) is 5.82 Å². The van der Waals surface area contributed by atoms with Crippen LogP contribution >= 0.6 is 0 Å². The molecule has 0 saturated carbocycles. The molecule has 82 valence electrons. The maximum absolute atomic E-state index is 13.0. The molecule has 1 aromatic carbocycles. The van der Waals surface area contributed by atoms with E-state index in [2.05, 4.69) is 10.4 Å². The third-order valence-electron chi connectivity index (χ3n) is 2.99. The van der Waals surface area contributed by atoms with Gasteiger partial charge in [-0.05, 0) is 36.7 Å². The lowest BCUT2D eigenvalue weighted by Gasteiger charge is -2.33. The molecule has 0 bridgehead atoms. The van der Waals surface area contributed by atoms with Crippen LogP contribution in [0.15, 0.2) is 18.2 Å². The van der Waals surface area contributed by atoms with E-state index in [1.54, 1.807) is 6.07 Å². The molecule has 15 heavy (non-hydrogen) atoms. The van der Waals surface area contributed by atoms with Crippen molar-refractivity contribution in [2.75, 3.05) is 13.6 Å². The Morgan fingerprint density at radius 3 is 3.07 bits per heavy atom. The van der Waals surface area contributed by atoms with Gasteiger partial charge >= 0.3 is 0 Å². The summed E-state index contributed by atoms with van der Waals surface area (Å²) in [6, 6.07) is 5.15. The van der Waals surface area contributed by atoms with Crippen LogP contribution in [0.4, 0.5) is 4.39 Å². The Morgan fingerprint density at radius 1 is 1.53 bits per heavy atom. The smallest absolute Gasteiger partial charge is 0.123 e. The Hall–Kier alpha value is -0.970. The van der Waals surface area contributed by atoms with Crippen molar-refractivity contribution >= 4 is 0 Å². The number of rotatable bonds is 2. The van der Waals surface area contributed by atoms with Gasteiger partial charge in [-0.2, -0.15) is 0 Å². The zero-order chi connectivity index (χ0) is 10.8. The van der Waals surface area contributed by atoms with E-state index in [0.717, 1.165) is 18.5 Å². The number of hydroxylamine groups is 1. The monoisotopic (exact) mass is 210 g/mol. The standard InChI is InChI=1S/C11H15FN2O/c1-14-7-8-2-3-10(12)4-9(8)5-11(14)6-13-15/h2-4,11,13,15H,5-7H2,1H3. The number of hydrogen-bond acceptors (Lipinski definition) is 3. The maximum Gasteiger partial charge on any atom is 0.123 e. The molecular formula is C11H15FN2O. The third-order valence-corrected chi connectivity index (χ3v) is 2.99. The van der Waals surface area contributed by atoms with Crippen LogP contribution in [0.1, 0.15) is 11.1 Å². The van der Waals surface area contributed by atoms with Crippen LogP contribution in [0.25, 0.3) is 0 Å². The molecule has 0 radical (unpaired) electrons. The van der Waals surface area contributed by atoms with Gasteiger partial charge in [0.15, 0.2) is 0 Å². The average Bonchev–Trinajstić information content (AvgIpc) is 2.20. The van der Waals surface area contributed by atoms with Crippen molar-refractivity contribution in [3.63, 3.8) is 0 Å². The summed E-state index contributed by atoms with van der Waals surface area (Å²) in [5.41, 5.74) is 4.40. The first-order valence-corrected chi connectivity index (χ1v) is 5.05. The van der Waals surface area contributed by atoms with Crippen LogP contribution in [0.3, 0.4) is 0 Å². The maximum atomic E-state index is 13.0. The fourth-order valence-corrected chi connectivity index (χ4v) is 2.08. The normalized spacial score (nSPS) is 21.4. The minimum atomic E-state index is -0.186. The number of hydrogen-bond donors (Lipinski definition) is 2. The van der Waals surface area contributed by atoms with Crippen LogP contribution in [-0.2, 0) is 13.0 Å². The number of nitrogens with one attached hydrogen (secondary N) is 1. The molecule has 1 aromatic rings. The van der Waals surface area contributed by atoms with Gasteiger partial charge in [0.2, 0.25) is 0 Å². The number of likely N-dealkylation sites (N-methyl/N-ethyl adjacent to an activating group) is 1. The van der Waals surface area contributed by atoms with E-state index in [9.17, 15) is 4.39 Å². The Labute approximate surface area is 88.5 Å². The van der Waals surface area contributed by atoms with Crippen LogP contribution < -0.4 is 5.48 Å². The van der Waals surface area contributed by atoms with Gasteiger partial charge in [0.05, 0.1) is 0 Å². The minimum Gasteiger partial charge on any atom is -0.317 e. The summed E-state index contributed by atoms with van der Waals surface area (Å²) in [7, 11) is 2.01. The molecule has 2 rings (SSSR count). The van der Waals surface area contributed by atoms with Gasteiger partial charge in [-0.3, -0.25) is 4.90 Å². The summed E-state index contributed by atoms with van der Waals surface area (Å²) >= 11 is 0. The molecule has 3 nitrogen and oxygen atoms in total. The summed E-state index contributed by atoms with van der Waals surface area (Å²) in [6.07, 6.45) is 0.775.